The number of unbranched alkanes of at least 4 members (excludes halogenated alkanes) is 4. The molecule has 2 atom stereocenters. The molecular formula is C26H34O4S2. The maximum Gasteiger partial charge on any atom is 0.310 e. The van der Waals surface area contributed by atoms with E-state index in [2.05, 4.69) is 32.2 Å². The number of hydrogen-bond donors (Lipinski definition) is 2. The highest BCUT2D eigenvalue weighted by Crippen LogP contribution is 2.26. The Kier molecular flexibility index (Phi) is 12.4. The third-order valence-corrected chi connectivity index (χ3v) is 6.12. The summed E-state index contributed by atoms with van der Waals surface area (Å²) < 4.78 is 11.1. The summed E-state index contributed by atoms with van der Waals surface area (Å²) in [4.78, 5) is 25.0. The minimum absolute atomic E-state index is 0.107. The zero-order valence-corrected chi connectivity index (χ0v) is 20.5. The lowest BCUT2D eigenvalue weighted by molar-refractivity contribution is -0.189. The van der Waals surface area contributed by atoms with Crippen molar-refractivity contribution in [2.75, 3.05) is 0 Å². The summed E-state index contributed by atoms with van der Waals surface area (Å²) in [5.41, 5.74) is 1.89. The molecule has 4 nitrogen and oxygen atoms in total. The van der Waals surface area contributed by atoms with Gasteiger partial charge < -0.3 is 9.47 Å². The molecule has 0 N–H and O–H groups in total. The Morgan fingerprint density at radius 2 is 1.16 bits per heavy atom. The highest BCUT2D eigenvalue weighted by Gasteiger charge is 2.22. The maximum atomic E-state index is 12.5. The lowest BCUT2D eigenvalue weighted by atomic mass is 10.1. The normalized spacial score (nSPS) is 13.7. The van der Waals surface area contributed by atoms with Crippen LogP contribution in [-0.4, -0.2) is 18.2 Å². The summed E-state index contributed by atoms with van der Waals surface area (Å²) >= 11 is 9.05. The van der Waals surface area contributed by atoms with Gasteiger partial charge in [-0.25, -0.2) is 0 Å². The van der Waals surface area contributed by atoms with E-state index in [1.807, 2.05) is 60.7 Å². The molecule has 32 heavy (non-hydrogen) atoms. The van der Waals surface area contributed by atoms with E-state index in [1.54, 1.807) is 0 Å². The van der Waals surface area contributed by atoms with Crippen molar-refractivity contribution >= 4 is 37.2 Å². The first-order valence-corrected chi connectivity index (χ1v) is 12.4. The van der Waals surface area contributed by atoms with Gasteiger partial charge in [0.05, 0.1) is 12.8 Å². The average Bonchev–Trinajstić information content (AvgIpc) is 2.79. The third kappa shape index (κ3) is 10.1. The second kappa shape index (κ2) is 15.0. The van der Waals surface area contributed by atoms with Crippen LogP contribution < -0.4 is 0 Å². The minimum atomic E-state index is -0.885. The molecule has 174 valence electrons. The van der Waals surface area contributed by atoms with Gasteiger partial charge in [-0.1, -0.05) is 93.3 Å². The van der Waals surface area contributed by atoms with Gasteiger partial charge in [-0.2, -0.15) is 25.3 Å². The molecule has 0 spiro atoms. The van der Waals surface area contributed by atoms with Gasteiger partial charge in [-0.05, 0) is 17.5 Å². The topological polar surface area (TPSA) is 52.6 Å². The van der Waals surface area contributed by atoms with E-state index in [0.29, 0.717) is 6.42 Å². The summed E-state index contributed by atoms with van der Waals surface area (Å²) in [6.07, 6.45) is 5.10. The van der Waals surface area contributed by atoms with Crippen LogP contribution in [0.15, 0.2) is 60.7 Å². The number of carbonyl (C=O) groups is 2. The molecular weight excluding hydrogens is 440 g/mol. The van der Waals surface area contributed by atoms with Crippen LogP contribution in [0, 0.1) is 0 Å². The smallest absolute Gasteiger partial charge is 0.310 e. The van der Waals surface area contributed by atoms with Gasteiger partial charge in [0.2, 0.25) is 6.29 Å². The molecule has 0 fully saturated rings. The second-order valence-electron chi connectivity index (χ2n) is 7.87. The van der Waals surface area contributed by atoms with Crippen LogP contribution in [0.5, 0.6) is 0 Å². The van der Waals surface area contributed by atoms with E-state index in [4.69, 9.17) is 9.47 Å². The van der Waals surface area contributed by atoms with Gasteiger partial charge in [0, 0.05) is 16.9 Å². The van der Waals surface area contributed by atoms with E-state index >= 15 is 0 Å². The van der Waals surface area contributed by atoms with Gasteiger partial charge >= 0.3 is 11.9 Å². The first-order valence-electron chi connectivity index (χ1n) is 11.3. The van der Waals surface area contributed by atoms with Gasteiger partial charge in [-0.15, -0.1) is 0 Å². The highest BCUT2D eigenvalue weighted by molar-refractivity contribution is 7.80. The molecule has 0 saturated heterocycles. The number of benzene rings is 2. The Bertz CT molecular complexity index is 736. The van der Waals surface area contributed by atoms with Crippen LogP contribution in [0.1, 0.15) is 79.9 Å². The first-order chi connectivity index (χ1) is 15.5. The van der Waals surface area contributed by atoms with E-state index in [9.17, 15) is 9.59 Å². The number of carbonyl (C=O) groups excluding carboxylic acids is 2. The van der Waals surface area contributed by atoms with Crippen molar-refractivity contribution in [1.29, 1.82) is 0 Å². The first kappa shape index (κ1) is 26.3. The molecule has 2 aromatic rings. The van der Waals surface area contributed by atoms with Crippen LogP contribution in [-0.2, 0) is 19.1 Å². The van der Waals surface area contributed by atoms with Crippen LogP contribution >= 0.6 is 25.3 Å². The summed E-state index contributed by atoms with van der Waals surface area (Å²) in [6.45, 7) is 2.16. The molecule has 2 rings (SSSR count). The fourth-order valence-corrected chi connectivity index (χ4v) is 3.99. The number of thiol groups is 2. The lowest BCUT2D eigenvalue weighted by Crippen LogP contribution is -2.25. The SMILES string of the molecule is CCCCCCCC(OC(=O)CC(S)c1ccccc1)OC(=O)CC(S)c1ccccc1. The van der Waals surface area contributed by atoms with Crippen molar-refractivity contribution in [3.8, 4) is 0 Å². The molecule has 6 heteroatoms. The summed E-state index contributed by atoms with van der Waals surface area (Å²) in [6, 6.07) is 19.2. The zero-order chi connectivity index (χ0) is 23.2. The number of hydrogen-bond acceptors (Lipinski definition) is 6. The summed E-state index contributed by atoms with van der Waals surface area (Å²) in [5.74, 6) is -0.851. The fraction of sp³-hybridized carbons (Fsp3) is 0.462. The molecule has 0 aliphatic heterocycles. The van der Waals surface area contributed by atoms with Gasteiger partial charge in [0.1, 0.15) is 0 Å². The second-order valence-corrected chi connectivity index (χ2v) is 9.12. The van der Waals surface area contributed by atoms with E-state index < -0.39 is 18.2 Å². The average molecular weight is 475 g/mol. The van der Waals surface area contributed by atoms with E-state index in [-0.39, 0.29) is 23.3 Å². The van der Waals surface area contributed by atoms with Crippen molar-refractivity contribution in [3.63, 3.8) is 0 Å². The molecule has 0 radical (unpaired) electrons. The molecule has 0 bridgehead atoms. The number of rotatable bonds is 14. The summed E-state index contributed by atoms with van der Waals surface area (Å²) in [5, 5.41) is -0.547. The zero-order valence-electron chi connectivity index (χ0n) is 18.7. The van der Waals surface area contributed by atoms with Crippen molar-refractivity contribution in [1.82, 2.24) is 0 Å². The number of esters is 2. The van der Waals surface area contributed by atoms with Crippen molar-refractivity contribution in [2.45, 2.75) is 75.1 Å². The molecule has 0 aliphatic rings. The molecule has 0 aliphatic carbocycles. The molecule has 0 saturated carbocycles. The molecule has 0 amide bonds. The highest BCUT2D eigenvalue weighted by atomic mass is 32.1. The van der Waals surface area contributed by atoms with Crippen LogP contribution in [0.4, 0.5) is 0 Å². The van der Waals surface area contributed by atoms with Crippen LogP contribution in [0.25, 0.3) is 0 Å². The van der Waals surface area contributed by atoms with Crippen molar-refractivity contribution < 1.29 is 19.1 Å². The van der Waals surface area contributed by atoms with E-state index in [0.717, 1.165) is 36.8 Å². The Balaban J connectivity index is 1.90. The number of ether oxygens (including phenoxy) is 2. The minimum Gasteiger partial charge on any atom is -0.425 e. The fourth-order valence-electron chi connectivity index (χ4n) is 3.35. The Morgan fingerprint density at radius 3 is 1.59 bits per heavy atom. The molecule has 2 unspecified atom stereocenters. The van der Waals surface area contributed by atoms with Gasteiger partial charge in [-0.3, -0.25) is 9.59 Å². The van der Waals surface area contributed by atoms with Crippen LogP contribution in [0.2, 0.25) is 0 Å². The van der Waals surface area contributed by atoms with Crippen molar-refractivity contribution in [2.24, 2.45) is 0 Å². The summed E-state index contributed by atoms with van der Waals surface area (Å²) in [7, 11) is 0. The molecule has 0 heterocycles. The Morgan fingerprint density at radius 1 is 0.719 bits per heavy atom. The van der Waals surface area contributed by atoms with Gasteiger partial charge in [0.25, 0.3) is 0 Å². The van der Waals surface area contributed by atoms with Crippen molar-refractivity contribution in [3.05, 3.63) is 71.8 Å². The third-order valence-electron chi connectivity index (χ3n) is 5.16. The van der Waals surface area contributed by atoms with Crippen LogP contribution in [0.3, 0.4) is 0 Å². The lowest BCUT2D eigenvalue weighted by Gasteiger charge is -2.20. The largest absolute Gasteiger partial charge is 0.425 e. The van der Waals surface area contributed by atoms with Gasteiger partial charge in [0.15, 0.2) is 0 Å². The maximum absolute atomic E-state index is 12.5. The van der Waals surface area contributed by atoms with E-state index in [1.165, 1.54) is 6.42 Å². The standard InChI is InChI=1S/C26H34O4S2/c1-2-3-4-5-12-17-26(29-24(27)18-22(31)20-13-8-6-9-14-20)30-25(28)19-23(32)21-15-10-7-11-16-21/h6-11,13-16,22-23,26,31-32H,2-5,12,17-19H2,1H3. The predicted octanol–water partition coefficient (Wildman–Crippen LogP) is 6.88. The Hall–Kier alpha value is -1.92. The molecule has 0 aromatic heterocycles. The predicted molar refractivity (Wildman–Crippen MR) is 135 cm³/mol. The quantitative estimate of drug-likeness (QED) is 0.136. The monoisotopic (exact) mass is 474 g/mol. The molecule has 2 aromatic carbocycles. The Labute approximate surface area is 202 Å².